The molecule has 0 aliphatic heterocycles. The van der Waals surface area contributed by atoms with Crippen LogP contribution in [0.3, 0.4) is 0 Å². The number of amides is 2. The molecular weight excluding hydrogens is 340 g/mol. The first-order valence-corrected chi connectivity index (χ1v) is 8.99. The Hall–Kier alpha value is -2.95. The molecule has 2 amide bonds. The number of anilines is 2. The second-order valence-corrected chi connectivity index (χ2v) is 7.13. The van der Waals surface area contributed by atoms with Gasteiger partial charge in [0.15, 0.2) is 5.78 Å². The molecule has 0 bridgehead atoms. The maximum atomic E-state index is 12.8. The molecule has 5 heteroatoms. The number of para-hydroxylation sites is 1. The molecule has 5 nitrogen and oxygen atoms in total. The summed E-state index contributed by atoms with van der Waals surface area (Å²) in [5.74, 6) is -0.830. The molecular formula is C22H26N2O3. The van der Waals surface area contributed by atoms with Crippen molar-refractivity contribution < 1.29 is 14.4 Å². The third-order valence-electron chi connectivity index (χ3n) is 4.66. The minimum atomic E-state index is -1.27. The highest BCUT2D eigenvalue weighted by atomic mass is 16.2. The second-order valence-electron chi connectivity index (χ2n) is 7.13. The lowest BCUT2D eigenvalue weighted by atomic mass is 9.90. The molecule has 0 atom stereocenters. The summed E-state index contributed by atoms with van der Waals surface area (Å²) in [5, 5.41) is 5.66. The third-order valence-corrected chi connectivity index (χ3v) is 4.66. The first-order chi connectivity index (χ1) is 12.7. The molecule has 0 aliphatic carbocycles. The number of hydrogen-bond donors (Lipinski definition) is 2. The first kappa shape index (κ1) is 20.4. The molecule has 2 aromatic rings. The van der Waals surface area contributed by atoms with Crippen LogP contribution in [0.15, 0.2) is 42.5 Å². The summed E-state index contributed by atoms with van der Waals surface area (Å²) in [5.41, 5.74) is 2.58. The van der Waals surface area contributed by atoms with E-state index in [1.54, 1.807) is 38.1 Å². The van der Waals surface area contributed by atoms with E-state index < -0.39 is 11.3 Å². The van der Waals surface area contributed by atoms with Gasteiger partial charge in [0.25, 0.3) is 0 Å². The summed E-state index contributed by atoms with van der Waals surface area (Å²) in [7, 11) is 0. The standard InChI is InChI=1S/C22H26N2O3/c1-6-16-9-7-8-14(2)19(16)24-21(27)22(4,5)20(26)23-18-12-10-17(11-13-18)15(3)25/h7-13H,6H2,1-5H3,(H,23,26)(H,24,27). The molecule has 0 saturated carbocycles. The zero-order chi connectivity index (χ0) is 20.2. The van der Waals surface area contributed by atoms with Gasteiger partial charge in [0.05, 0.1) is 0 Å². The fourth-order valence-corrected chi connectivity index (χ4v) is 2.65. The van der Waals surface area contributed by atoms with Crippen LogP contribution in [-0.2, 0) is 16.0 Å². The highest BCUT2D eigenvalue weighted by molar-refractivity contribution is 6.14. The summed E-state index contributed by atoms with van der Waals surface area (Å²) in [4.78, 5) is 36.8. The van der Waals surface area contributed by atoms with Crippen molar-refractivity contribution >= 4 is 29.0 Å². The van der Waals surface area contributed by atoms with Crippen LogP contribution in [0.1, 0.15) is 49.2 Å². The van der Waals surface area contributed by atoms with Gasteiger partial charge in [-0.05, 0) is 69.5 Å². The van der Waals surface area contributed by atoms with E-state index in [-0.39, 0.29) is 11.7 Å². The zero-order valence-electron chi connectivity index (χ0n) is 16.5. The van der Waals surface area contributed by atoms with Gasteiger partial charge in [-0.25, -0.2) is 0 Å². The van der Waals surface area contributed by atoms with Crippen molar-refractivity contribution in [3.63, 3.8) is 0 Å². The van der Waals surface area contributed by atoms with E-state index in [1.165, 1.54) is 6.92 Å². The van der Waals surface area contributed by atoms with Crippen LogP contribution in [-0.4, -0.2) is 17.6 Å². The molecule has 2 rings (SSSR count). The van der Waals surface area contributed by atoms with Gasteiger partial charge in [-0.15, -0.1) is 0 Å². The topological polar surface area (TPSA) is 75.3 Å². The van der Waals surface area contributed by atoms with E-state index in [0.29, 0.717) is 11.3 Å². The van der Waals surface area contributed by atoms with E-state index in [1.807, 2.05) is 32.0 Å². The van der Waals surface area contributed by atoms with Gasteiger partial charge in [-0.2, -0.15) is 0 Å². The Balaban J connectivity index is 2.15. The van der Waals surface area contributed by atoms with Gasteiger partial charge < -0.3 is 10.6 Å². The normalized spacial score (nSPS) is 11.0. The summed E-state index contributed by atoms with van der Waals surface area (Å²) >= 11 is 0. The van der Waals surface area contributed by atoms with Crippen molar-refractivity contribution in [2.75, 3.05) is 10.6 Å². The van der Waals surface area contributed by atoms with Gasteiger partial charge in [0.1, 0.15) is 5.41 Å². The monoisotopic (exact) mass is 366 g/mol. The average Bonchev–Trinajstić information content (AvgIpc) is 2.63. The van der Waals surface area contributed by atoms with Gasteiger partial charge in [-0.1, -0.05) is 25.1 Å². The number of ketones is 1. The Bertz CT molecular complexity index is 868. The summed E-state index contributed by atoms with van der Waals surface area (Å²) in [6.45, 7) is 8.61. The van der Waals surface area contributed by atoms with E-state index in [9.17, 15) is 14.4 Å². The predicted molar refractivity (Wildman–Crippen MR) is 108 cm³/mol. The number of nitrogens with one attached hydrogen (secondary N) is 2. The van der Waals surface area contributed by atoms with Crippen molar-refractivity contribution in [2.24, 2.45) is 5.41 Å². The van der Waals surface area contributed by atoms with E-state index in [2.05, 4.69) is 10.6 Å². The molecule has 0 heterocycles. The molecule has 0 aromatic heterocycles. The van der Waals surface area contributed by atoms with Crippen LogP contribution >= 0.6 is 0 Å². The van der Waals surface area contributed by atoms with Gasteiger partial charge in [0.2, 0.25) is 11.8 Å². The summed E-state index contributed by atoms with van der Waals surface area (Å²) in [6, 6.07) is 12.4. The zero-order valence-corrected chi connectivity index (χ0v) is 16.5. The Morgan fingerprint density at radius 3 is 2.07 bits per heavy atom. The van der Waals surface area contributed by atoms with Gasteiger partial charge in [-0.3, -0.25) is 14.4 Å². The van der Waals surface area contributed by atoms with Crippen molar-refractivity contribution in [1.29, 1.82) is 0 Å². The Morgan fingerprint density at radius 1 is 0.926 bits per heavy atom. The predicted octanol–water partition coefficient (Wildman–Crippen LogP) is 4.36. The lowest BCUT2D eigenvalue weighted by Crippen LogP contribution is -2.41. The number of carbonyl (C=O) groups excluding carboxylic acids is 3. The first-order valence-electron chi connectivity index (χ1n) is 8.99. The van der Waals surface area contributed by atoms with E-state index in [0.717, 1.165) is 23.2 Å². The van der Waals surface area contributed by atoms with Crippen LogP contribution in [0.2, 0.25) is 0 Å². The minimum Gasteiger partial charge on any atom is -0.325 e. The second kappa shape index (κ2) is 8.16. The number of rotatable bonds is 6. The van der Waals surface area contributed by atoms with E-state index in [4.69, 9.17) is 0 Å². The maximum absolute atomic E-state index is 12.8. The smallest absolute Gasteiger partial charge is 0.239 e. The summed E-state index contributed by atoms with van der Waals surface area (Å²) in [6.07, 6.45) is 0.784. The molecule has 0 spiro atoms. The number of carbonyl (C=O) groups is 3. The Morgan fingerprint density at radius 2 is 1.52 bits per heavy atom. The highest BCUT2D eigenvalue weighted by Crippen LogP contribution is 2.26. The van der Waals surface area contributed by atoms with E-state index >= 15 is 0 Å². The SMILES string of the molecule is CCc1cccc(C)c1NC(=O)C(C)(C)C(=O)Nc1ccc(C(C)=O)cc1. The quantitative estimate of drug-likeness (QED) is 0.589. The maximum Gasteiger partial charge on any atom is 0.239 e. The number of benzene rings is 2. The molecule has 0 radical (unpaired) electrons. The number of hydrogen-bond acceptors (Lipinski definition) is 3. The largest absolute Gasteiger partial charge is 0.325 e. The van der Waals surface area contributed by atoms with Crippen LogP contribution in [0, 0.1) is 12.3 Å². The van der Waals surface area contributed by atoms with Gasteiger partial charge >= 0.3 is 0 Å². The van der Waals surface area contributed by atoms with Crippen LogP contribution in [0.5, 0.6) is 0 Å². The lowest BCUT2D eigenvalue weighted by molar-refractivity contribution is -0.135. The number of Topliss-reactive ketones (excluding diaryl/α,β-unsaturated/α-hetero) is 1. The third kappa shape index (κ3) is 4.61. The van der Waals surface area contributed by atoms with Crippen molar-refractivity contribution in [3.05, 3.63) is 59.2 Å². The highest BCUT2D eigenvalue weighted by Gasteiger charge is 2.36. The Labute approximate surface area is 160 Å². The van der Waals surface area contributed by atoms with Crippen LogP contribution in [0.25, 0.3) is 0 Å². The van der Waals surface area contributed by atoms with Crippen molar-refractivity contribution in [2.45, 2.75) is 41.0 Å². The van der Waals surface area contributed by atoms with Crippen molar-refractivity contribution in [3.8, 4) is 0 Å². The van der Waals surface area contributed by atoms with Crippen LogP contribution in [0.4, 0.5) is 11.4 Å². The van der Waals surface area contributed by atoms with Gasteiger partial charge in [0, 0.05) is 16.9 Å². The molecule has 0 saturated heterocycles. The molecule has 142 valence electrons. The molecule has 2 aromatic carbocycles. The molecule has 0 fully saturated rings. The van der Waals surface area contributed by atoms with Crippen molar-refractivity contribution in [1.82, 2.24) is 0 Å². The number of aryl methyl sites for hydroxylation is 2. The lowest BCUT2D eigenvalue weighted by Gasteiger charge is -2.24. The molecule has 0 aliphatic rings. The molecule has 0 unspecified atom stereocenters. The molecule has 2 N–H and O–H groups in total. The minimum absolute atomic E-state index is 0.0439. The Kier molecular flexibility index (Phi) is 6.16. The van der Waals surface area contributed by atoms with Crippen LogP contribution < -0.4 is 10.6 Å². The molecule has 27 heavy (non-hydrogen) atoms. The fraction of sp³-hybridized carbons (Fsp3) is 0.318. The summed E-state index contributed by atoms with van der Waals surface area (Å²) < 4.78 is 0. The average molecular weight is 366 g/mol. The fourth-order valence-electron chi connectivity index (χ4n) is 2.65.